The fourth-order valence-electron chi connectivity index (χ4n) is 3.90. The second kappa shape index (κ2) is 7.96. The standard InChI is InChI=1S/C20H30N2O/c1-17-7-6-12-21(15-17)16-18-8-10-19(11-9-18)20(23)22-13-4-2-3-5-14-22/h8-11,17H,2-7,12-16H2,1H3/t17-/m0/s1. The van der Waals surface area contributed by atoms with Crippen molar-refractivity contribution in [3.05, 3.63) is 35.4 Å². The molecule has 0 N–H and O–H groups in total. The smallest absolute Gasteiger partial charge is 0.253 e. The fraction of sp³-hybridized carbons (Fsp3) is 0.650. The number of carbonyl (C=O) groups is 1. The number of piperidine rings is 1. The van der Waals surface area contributed by atoms with E-state index in [1.165, 1.54) is 44.3 Å². The Balaban J connectivity index is 1.58. The summed E-state index contributed by atoms with van der Waals surface area (Å²) in [6.07, 6.45) is 7.49. The average molecular weight is 314 g/mol. The SMILES string of the molecule is C[C@H]1CCCN(Cc2ccc(C(=O)N3CCCCCC3)cc2)C1. The molecule has 3 rings (SSSR count). The molecule has 2 saturated heterocycles. The number of hydrogen-bond acceptors (Lipinski definition) is 2. The number of benzene rings is 1. The number of nitrogens with zero attached hydrogens (tertiary/aromatic N) is 2. The van der Waals surface area contributed by atoms with Crippen molar-refractivity contribution >= 4 is 5.91 Å². The van der Waals surface area contributed by atoms with Crippen molar-refractivity contribution in [1.82, 2.24) is 9.80 Å². The molecular formula is C20H30N2O. The van der Waals surface area contributed by atoms with Crippen LogP contribution in [-0.4, -0.2) is 41.9 Å². The first-order valence-electron chi connectivity index (χ1n) is 9.33. The summed E-state index contributed by atoms with van der Waals surface area (Å²) in [5, 5.41) is 0. The molecule has 2 heterocycles. The molecule has 2 fully saturated rings. The summed E-state index contributed by atoms with van der Waals surface area (Å²) in [7, 11) is 0. The third kappa shape index (κ3) is 4.57. The van der Waals surface area contributed by atoms with Crippen LogP contribution in [0.25, 0.3) is 0 Å². The summed E-state index contributed by atoms with van der Waals surface area (Å²) in [6, 6.07) is 8.33. The van der Waals surface area contributed by atoms with Gasteiger partial charge < -0.3 is 4.90 Å². The van der Waals surface area contributed by atoms with Gasteiger partial charge in [-0.1, -0.05) is 31.9 Å². The molecule has 2 aliphatic heterocycles. The molecule has 0 aromatic heterocycles. The van der Waals surface area contributed by atoms with Gasteiger partial charge >= 0.3 is 0 Å². The Morgan fingerprint density at radius 3 is 2.35 bits per heavy atom. The first kappa shape index (κ1) is 16.5. The van der Waals surface area contributed by atoms with Crippen molar-refractivity contribution in [2.45, 2.75) is 52.0 Å². The van der Waals surface area contributed by atoms with E-state index >= 15 is 0 Å². The Morgan fingerprint density at radius 1 is 1.00 bits per heavy atom. The van der Waals surface area contributed by atoms with Crippen LogP contribution in [0.5, 0.6) is 0 Å². The van der Waals surface area contributed by atoms with Crippen LogP contribution in [0.4, 0.5) is 0 Å². The number of likely N-dealkylation sites (tertiary alicyclic amines) is 2. The summed E-state index contributed by atoms with van der Waals surface area (Å²) in [5.41, 5.74) is 2.18. The van der Waals surface area contributed by atoms with Crippen LogP contribution in [-0.2, 0) is 6.54 Å². The van der Waals surface area contributed by atoms with E-state index in [1.54, 1.807) is 0 Å². The number of amides is 1. The molecule has 0 aliphatic carbocycles. The van der Waals surface area contributed by atoms with Crippen molar-refractivity contribution in [3.63, 3.8) is 0 Å². The average Bonchev–Trinajstić information content (AvgIpc) is 2.84. The van der Waals surface area contributed by atoms with Gasteiger partial charge in [0.05, 0.1) is 0 Å². The van der Waals surface area contributed by atoms with Crippen LogP contribution < -0.4 is 0 Å². The highest BCUT2D eigenvalue weighted by atomic mass is 16.2. The summed E-state index contributed by atoms with van der Waals surface area (Å²) in [5.74, 6) is 1.03. The van der Waals surface area contributed by atoms with Crippen molar-refractivity contribution < 1.29 is 4.79 Å². The summed E-state index contributed by atoms with van der Waals surface area (Å²) in [6.45, 7) is 7.61. The minimum absolute atomic E-state index is 0.213. The molecule has 3 heteroatoms. The van der Waals surface area contributed by atoms with Crippen LogP contribution in [0.3, 0.4) is 0 Å². The highest BCUT2D eigenvalue weighted by molar-refractivity contribution is 5.94. The predicted molar refractivity (Wildman–Crippen MR) is 94.5 cm³/mol. The van der Waals surface area contributed by atoms with Crippen LogP contribution in [0.15, 0.2) is 24.3 Å². The molecule has 1 aromatic rings. The zero-order chi connectivity index (χ0) is 16.1. The van der Waals surface area contributed by atoms with Crippen molar-refractivity contribution in [1.29, 1.82) is 0 Å². The van der Waals surface area contributed by atoms with E-state index in [9.17, 15) is 4.79 Å². The lowest BCUT2D eigenvalue weighted by Crippen LogP contribution is -2.33. The van der Waals surface area contributed by atoms with Gasteiger partial charge in [-0.15, -0.1) is 0 Å². The van der Waals surface area contributed by atoms with Gasteiger partial charge in [0.15, 0.2) is 0 Å². The van der Waals surface area contributed by atoms with Gasteiger partial charge in [-0.2, -0.15) is 0 Å². The third-order valence-corrected chi connectivity index (χ3v) is 5.24. The topological polar surface area (TPSA) is 23.6 Å². The molecule has 1 atom stereocenters. The number of carbonyl (C=O) groups excluding carboxylic acids is 1. The zero-order valence-corrected chi connectivity index (χ0v) is 14.5. The second-order valence-corrected chi connectivity index (χ2v) is 7.39. The van der Waals surface area contributed by atoms with Gasteiger partial charge in [0, 0.05) is 31.7 Å². The van der Waals surface area contributed by atoms with Gasteiger partial charge in [-0.05, 0) is 55.8 Å². The monoisotopic (exact) mass is 314 g/mol. The van der Waals surface area contributed by atoms with E-state index in [0.717, 1.165) is 44.0 Å². The van der Waals surface area contributed by atoms with Crippen LogP contribution in [0.1, 0.15) is 61.4 Å². The first-order valence-corrected chi connectivity index (χ1v) is 9.33. The Labute approximate surface area is 140 Å². The minimum Gasteiger partial charge on any atom is -0.339 e. The van der Waals surface area contributed by atoms with Gasteiger partial charge in [-0.25, -0.2) is 0 Å². The predicted octanol–water partition coefficient (Wildman–Crippen LogP) is 3.93. The van der Waals surface area contributed by atoms with E-state index in [2.05, 4.69) is 24.0 Å². The molecular weight excluding hydrogens is 284 g/mol. The zero-order valence-electron chi connectivity index (χ0n) is 14.5. The van der Waals surface area contributed by atoms with E-state index in [0.29, 0.717) is 0 Å². The molecule has 3 nitrogen and oxygen atoms in total. The Morgan fingerprint density at radius 2 is 1.70 bits per heavy atom. The Bertz CT molecular complexity index is 503. The van der Waals surface area contributed by atoms with Gasteiger partial charge in [0.2, 0.25) is 0 Å². The summed E-state index contributed by atoms with van der Waals surface area (Å²) >= 11 is 0. The highest BCUT2D eigenvalue weighted by Crippen LogP contribution is 2.19. The summed E-state index contributed by atoms with van der Waals surface area (Å²) < 4.78 is 0. The number of hydrogen-bond donors (Lipinski definition) is 0. The van der Waals surface area contributed by atoms with Gasteiger partial charge in [0.25, 0.3) is 5.91 Å². The van der Waals surface area contributed by atoms with Crippen molar-refractivity contribution in [2.75, 3.05) is 26.2 Å². The lowest BCUT2D eigenvalue weighted by atomic mass is 9.99. The van der Waals surface area contributed by atoms with Crippen LogP contribution in [0, 0.1) is 5.92 Å². The first-order chi connectivity index (χ1) is 11.2. The molecule has 0 unspecified atom stereocenters. The van der Waals surface area contributed by atoms with Crippen molar-refractivity contribution in [3.8, 4) is 0 Å². The lowest BCUT2D eigenvalue weighted by Gasteiger charge is -2.30. The van der Waals surface area contributed by atoms with Crippen LogP contribution in [0.2, 0.25) is 0 Å². The fourth-order valence-corrected chi connectivity index (χ4v) is 3.90. The number of rotatable bonds is 3. The minimum atomic E-state index is 0.213. The maximum Gasteiger partial charge on any atom is 0.253 e. The molecule has 0 saturated carbocycles. The molecule has 2 aliphatic rings. The lowest BCUT2D eigenvalue weighted by molar-refractivity contribution is 0.0761. The maximum absolute atomic E-state index is 12.6. The second-order valence-electron chi connectivity index (χ2n) is 7.39. The van der Waals surface area contributed by atoms with E-state index in [4.69, 9.17) is 0 Å². The van der Waals surface area contributed by atoms with E-state index < -0.39 is 0 Å². The molecule has 126 valence electrons. The van der Waals surface area contributed by atoms with Gasteiger partial charge in [-0.3, -0.25) is 9.69 Å². The van der Waals surface area contributed by atoms with Gasteiger partial charge in [0.1, 0.15) is 0 Å². The van der Waals surface area contributed by atoms with Crippen LogP contribution >= 0.6 is 0 Å². The molecule has 0 bridgehead atoms. The third-order valence-electron chi connectivity index (χ3n) is 5.24. The molecule has 0 spiro atoms. The molecule has 0 radical (unpaired) electrons. The maximum atomic E-state index is 12.6. The normalized spacial score (nSPS) is 23.5. The highest BCUT2D eigenvalue weighted by Gasteiger charge is 2.18. The van der Waals surface area contributed by atoms with E-state index in [1.807, 2.05) is 17.0 Å². The molecule has 1 amide bonds. The Kier molecular flexibility index (Phi) is 5.71. The quantitative estimate of drug-likeness (QED) is 0.844. The largest absolute Gasteiger partial charge is 0.339 e. The molecule has 23 heavy (non-hydrogen) atoms. The Hall–Kier alpha value is -1.35. The van der Waals surface area contributed by atoms with Crippen molar-refractivity contribution in [2.24, 2.45) is 5.92 Å². The van der Waals surface area contributed by atoms with E-state index in [-0.39, 0.29) is 5.91 Å². The summed E-state index contributed by atoms with van der Waals surface area (Å²) in [4.78, 5) is 17.2. The molecule has 1 aromatic carbocycles.